The predicted molar refractivity (Wildman–Crippen MR) is 269 cm³/mol. The average molecular weight is 920 g/mol. The van der Waals surface area contributed by atoms with E-state index < -0.39 is 0 Å². The molecular formula is C53H49N11OS2. The summed E-state index contributed by atoms with van der Waals surface area (Å²) in [5.41, 5.74) is 8.45. The van der Waals surface area contributed by atoms with Gasteiger partial charge in [0.25, 0.3) is 0 Å². The third-order valence-corrected chi connectivity index (χ3v) is 15.0. The molecule has 0 N–H and O–H groups in total. The highest BCUT2D eigenvalue weighted by Crippen LogP contribution is 2.42. The van der Waals surface area contributed by atoms with Crippen LogP contribution in [0.25, 0.3) is 65.7 Å². The first-order valence-electron chi connectivity index (χ1n) is 23.2. The monoisotopic (exact) mass is 919 g/mol. The highest BCUT2D eigenvalue weighted by molar-refractivity contribution is 7.17. The molecule has 12 nitrogen and oxygen atoms in total. The molecule has 0 aliphatic carbocycles. The predicted octanol–water partition coefficient (Wildman–Crippen LogP) is 9.91. The van der Waals surface area contributed by atoms with Gasteiger partial charge in [0.1, 0.15) is 32.7 Å². The zero-order chi connectivity index (χ0) is 44.5. The lowest BCUT2D eigenvalue weighted by molar-refractivity contribution is 0.0193. The van der Waals surface area contributed by atoms with Crippen molar-refractivity contribution in [2.75, 3.05) is 68.7 Å². The molecule has 67 heavy (non-hydrogen) atoms. The summed E-state index contributed by atoms with van der Waals surface area (Å²) in [5, 5.41) is 6.68. The lowest BCUT2D eigenvalue weighted by atomic mass is 10.1. The standard InChI is InChI=1S/C53H49N11OS2/c1-3-12-37(13-4-1)40-34-66-52-46(40)50(57-48(59-52)43-16-7-8-22-55-43)64-29-25-62(26-30-64)33-39-19-20-45(65-39)42-17-9-18-44(56-42)49-58-51(47-41(35-67-53(47)60-49)38-14-5-2-6-15-38)63-27-23-61(24-28-63)32-36-11-10-21-54-31-36/h1-18,21-22,31,34-35,39,45H,19-20,23-30,32-33H2. The van der Waals surface area contributed by atoms with E-state index in [0.29, 0.717) is 11.6 Å². The zero-order valence-electron chi connectivity index (χ0n) is 37.1. The first-order chi connectivity index (χ1) is 33.2. The molecule has 3 aliphatic heterocycles. The molecular weight excluding hydrogens is 871 g/mol. The number of nitrogens with zero attached hydrogens (tertiary/aromatic N) is 11. The highest BCUT2D eigenvalue weighted by atomic mass is 32.1. The molecule has 10 heterocycles. The van der Waals surface area contributed by atoms with Gasteiger partial charge in [-0.1, -0.05) is 78.9 Å². The molecule has 2 atom stereocenters. The molecule has 0 radical (unpaired) electrons. The number of fused-ring (bicyclic) bond motifs is 2. The van der Waals surface area contributed by atoms with Crippen LogP contribution in [0.3, 0.4) is 0 Å². The van der Waals surface area contributed by atoms with Gasteiger partial charge in [-0.15, -0.1) is 22.7 Å². The second-order valence-corrected chi connectivity index (χ2v) is 19.2. The number of piperazine rings is 2. The lowest BCUT2D eigenvalue weighted by Gasteiger charge is -2.36. The average Bonchev–Trinajstić information content (AvgIpc) is 4.17. The molecule has 12 rings (SSSR count). The Bertz CT molecular complexity index is 3120. The van der Waals surface area contributed by atoms with E-state index in [-0.39, 0.29) is 12.2 Å². The maximum absolute atomic E-state index is 6.82. The van der Waals surface area contributed by atoms with Gasteiger partial charge in [0.2, 0.25) is 0 Å². The van der Waals surface area contributed by atoms with Crippen LogP contribution in [0.15, 0.2) is 139 Å². The maximum atomic E-state index is 6.82. The Kier molecular flexibility index (Phi) is 11.6. The Balaban J connectivity index is 0.747. The number of pyridine rings is 3. The van der Waals surface area contributed by atoms with Crippen LogP contribution in [0.5, 0.6) is 0 Å². The van der Waals surface area contributed by atoms with Crippen molar-refractivity contribution in [1.82, 2.24) is 44.7 Å². The largest absolute Gasteiger partial charge is 0.367 e. The van der Waals surface area contributed by atoms with Crippen LogP contribution in [0.2, 0.25) is 0 Å². The van der Waals surface area contributed by atoms with Gasteiger partial charge in [-0.05, 0) is 59.9 Å². The first kappa shape index (κ1) is 41.9. The number of hydrogen-bond donors (Lipinski definition) is 0. The number of thiophene rings is 2. The van der Waals surface area contributed by atoms with Crippen LogP contribution in [0.4, 0.5) is 11.6 Å². The third kappa shape index (κ3) is 8.67. The van der Waals surface area contributed by atoms with Gasteiger partial charge >= 0.3 is 0 Å². The number of anilines is 2. The van der Waals surface area contributed by atoms with E-state index >= 15 is 0 Å². The van der Waals surface area contributed by atoms with E-state index in [4.69, 9.17) is 29.7 Å². The summed E-state index contributed by atoms with van der Waals surface area (Å²) >= 11 is 3.35. The molecule has 7 aromatic heterocycles. The smallest absolute Gasteiger partial charge is 0.181 e. The summed E-state index contributed by atoms with van der Waals surface area (Å²) < 4.78 is 6.82. The van der Waals surface area contributed by atoms with Crippen LogP contribution < -0.4 is 9.80 Å². The quantitative estimate of drug-likeness (QED) is 0.123. The SMILES string of the molecule is c1ccc(-c2csc3nc(-c4ccccn4)nc(N4CCN(CC5CCC(c6cccc(-c7nc(N8CCN(Cc9cccnc9)CC8)c8c(-c9ccccc9)csc8n7)n6)O5)CC4)c23)cc1. The van der Waals surface area contributed by atoms with E-state index in [0.717, 1.165) is 127 Å². The molecule has 3 fully saturated rings. The summed E-state index contributed by atoms with van der Waals surface area (Å²) in [6.45, 7) is 8.97. The molecule has 2 aromatic carbocycles. The number of rotatable bonds is 11. The Hall–Kier alpha value is -6.55. The second-order valence-electron chi connectivity index (χ2n) is 17.5. The van der Waals surface area contributed by atoms with Gasteiger partial charge in [0, 0.05) is 106 Å². The number of hydrogen-bond acceptors (Lipinski definition) is 14. The highest BCUT2D eigenvalue weighted by Gasteiger charge is 2.32. The summed E-state index contributed by atoms with van der Waals surface area (Å²) in [7, 11) is 0. The molecule has 0 bridgehead atoms. The minimum absolute atomic E-state index is 0.0805. The van der Waals surface area contributed by atoms with E-state index in [2.05, 4.69) is 119 Å². The van der Waals surface area contributed by atoms with Crippen molar-refractivity contribution in [1.29, 1.82) is 0 Å². The van der Waals surface area contributed by atoms with Crippen molar-refractivity contribution in [3.63, 3.8) is 0 Å². The van der Waals surface area contributed by atoms with Gasteiger partial charge in [-0.25, -0.2) is 24.9 Å². The van der Waals surface area contributed by atoms with Crippen molar-refractivity contribution in [3.8, 4) is 45.3 Å². The van der Waals surface area contributed by atoms with Gasteiger partial charge in [-0.2, -0.15) is 0 Å². The van der Waals surface area contributed by atoms with Gasteiger partial charge in [0.05, 0.1) is 28.7 Å². The molecule has 334 valence electrons. The number of aromatic nitrogens is 7. The molecule has 0 amide bonds. The van der Waals surface area contributed by atoms with Crippen LogP contribution in [-0.2, 0) is 11.3 Å². The Morgan fingerprint density at radius 2 is 1.15 bits per heavy atom. The van der Waals surface area contributed by atoms with Gasteiger partial charge in [-0.3, -0.25) is 19.8 Å². The van der Waals surface area contributed by atoms with Gasteiger partial charge < -0.3 is 14.5 Å². The third-order valence-electron chi connectivity index (χ3n) is 13.3. The number of benzene rings is 2. The maximum Gasteiger partial charge on any atom is 0.181 e. The minimum atomic E-state index is -0.0805. The van der Waals surface area contributed by atoms with Crippen molar-refractivity contribution >= 4 is 54.7 Å². The summed E-state index contributed by atoms with van der Waals surface area (Å²) in [6.07, 6.45) is 7.57. The van der Waals surface area contributed by atoms with Gasteiger partial charge in [0.15, 0.2) is 11.6 Å². The summed E-state index contributed by atoms with van der Waals surface area (Å²) in [4.78, 5) is 46.9. The van der Waals surface area contributed by atoms with Crippen LogP contribution in [0, 0.1) is 0 Å². The molecule has 9 aromatic rings. The van der Waals surface area contributed by atoms with Crippen LogP contribution in [0.1, 0.15) is 30.2 Å². The molecule has 3 aliphatic rings. The number of ether oxygens (including phenoxy) is 1. The molecule has 2 unspecified atom stereocenters. The first-order valence-corrected chi connectivity index (χ1v) is 25.0. The van der Waals surface area contributed by atoms with Crippen LogP contribution in [-0.4, -0.2) is 110 Å². The van der Waals surface area contributed by atoms with Crippen molar-refractivity contribution in [3.05, 3.63) is 150 Å². The van der Waals surface area contributed by atoms with E-state index in [1.165, 1.54) is 27.8 Å². The molecule has 3 saturated heterocycles. The fraction of sp³-hybridized carbons (Fsp3) is 0.264. The molecule has 14 heteroatoms. The Morgan fingerprint density at radius 1 is 0.537 bits per heavy atom. The topological polar surface area (TPSA) is 112 Å². The van der Waals surface area contributed by atoms with E-state index in [1.54, 1.807) is 28.9 Å². The van der Waals surface area contributed by atoms with Crippen molar-refractivity contribution in [2.24, 2.45) is 0 Å². The van der Waals surface area contributed by atoms with E-state index in [1.807, 2.05) is 42.7 Å². The molecule has 0 saturated carbocycles. The summed E-state index contributed by atoms with van der Waals surface area (Å²) in [6, 6.07) is 37.5. The van der Waals surface area contributed by atoms with Crippen molar-refractivity contribution in [2.45, 2.75) is 31.6 Å². The normalized spacial score (nSPS) is 18.3. The fourth-order valence-electron chi connectivity index (χ4n) is 9.80. The Labute approximate surface area is 397 Å². The fourth-order valence-corrected chi connectivity index (χ4v) is 11.7. The Morgan fingerprint density at radius 3 is 1.76 bits per heavy atom. The van der Waals surface area contributed by atoms with E-state index in [9.17, 15) is 0 Å². The molecule has 0 spiro atoms. The second kappa shape index (κ2) is 18.6. The summed E-state index contributed by atoms with van der Waals surface area (Å²) in [5.74, 6) is 3.29. The lowest BCUT2D eigenvalue weighted by Crippen LogP contribution is -2.48. The minimum Gasteiger partial charge on any atom is -0.367 e. The zero-order valence-corrected chi connectivity index (χ0v) is 38.7. The van der Waals surface area contributed by atoms with Crippen molar-refractivity contribution < 1.29 is 4.74 Å². The van der Waals surface area contributed by atoms with Crippen LogP contribution >= 0.6 is 22.7 Å².